The maximum absolute atomic E-state index is 12.4. The first-order chi connectivity index (χ1) is 9.38. The summed E-state index contributed by atoms with van der Waals surface area (Å²) < 4.78 is 5.61. The number of aliphatic carboxylic acids is 1. The molecule has 20 heavy (non-hydrogen) atoms. The molecule has 1 N–H and O–H groups in total. The second-order valence-electron chi connectivity index (χ2n) is 6.08. The van der Waals surface area contributed by atoms with E-state index in [1.807, 2.05) is 20.8 Å². The number of carboxylic acid groups (broad SMARTS) is 1. The third-order valence-corrected chi connectivity index (χ3v) is 4.17. The fourth-order valence-corrected chi connectivity index (χ4v) is 3.26. The third-order valence-electron chi connectivity index (χ3n) is 4.17. The quantitative estimate of drug-likeness (QED) is 0.813. The Morgan fingerprint density at radius 2 is 1.80 bits per heavy atom. The number of hydrogen-bond donors (Lipinski definition) is 1. The predicted molar refractivity (Wildman–Crippen MR) is 73.4 cm³/mol. The Labute approximate surface area is 119 Å². The van der Waals surface area contributed by atoms with E-state index in [4.69, 9.17) is 4.74 Å². The van der Waals surface area contributed by atoms with Gasteiger partial charge < -0.3 is 14.7 Å². The van der Waals surface area contributed by atoms with Gasteiger partial charge in [-0.3, -0.25) is 14.5 Å². The van der Waals surface area contributed by atoms with E-state index in [1.54, 1.807) is 9.80 Å². The van der Waals surface area contributed by atoms with Gasteiger partial charge in [0, 0.05) is 13.1 Å². The molecule has 6 nitrogen and oxygen atoms in total. The van der Waals surface area contributed by atoms with Crippen molar-refractivity contribution in [1.82, 2.24) is 9.80 Å². The third kappa shape index (κ3) is 3.30. The van der Waals surface area contributed by atoms with Crippen LogP contribution < -0.4 is 0 Å². The Balaban J connectivity index is 1.95. The van der Waals surface area contributed by atoms with Gasteiger partial charge in [-0.15, -0.1) is 0 Å². The SMILES string of the molecule is CC1CN(C(=O)CN2CCC(C)C2C(=O)O)CC(C)O1. The Morgan fingerprint density at radius 3 is 2.35 bits per heavy atom. The summed E-state index contributed by atoms with van der Waals surface area (Å²) in [7, 11) is 0. The maximum Gasteiger partial charge on any atom is 0.321 e. The Bertz CT molecular complexity index is 377. The predicted octanol–water partition coefficient (Wildman–Crippen LogP) is 0.417. The fraction of sp³-hybridized carbons (Fsp3) is 0.857. The maximum atomic E-state index is 12.4. The van der Waals surface area contributed by atoms with E-state index < -0.39 is 12.0 Å². The molecular weight excluding hydrogens is 260 g/mol. The highest BCUT2D eigenvalue weighted by Gasteiger charge is 2.38. The molecule has 1 amide bonds. The molecule has 2 fully saturated rings. The molecule has 2 aliphatic rings. The normalized spacial score (nSPS) is 35.2. The molecule has 0 spiro atoms. The first kappa shape index (κ1) is 15.3. The summed E-state index contributed by atoms with van der Waals surface area (Å²) >= 11 is 0. The molecule has 0 saturated carbocycles. The van der Waals surface area contributed by atoms with E-state index >= 15 is 0 Å². The van der Waals surface area contributed by atoms with Crippen molar-refractivity contribution in [2.45, 2.75) is 45.4 Å². The number of carbonyl (C=O) groups is 2. The number of morpholine rings is 1. The van der Waals surface area contributed by atoms with Crippen molar-refractivity contribution in [2.24, 2.45) is 5.92 Å². The molecule has 0 aromatic rings. The van der Waals surface area contributed by atoms with Gasteiger partial charge in [-0.25, -0.2) is 0 Å². The van der Waals surface area contributed by atoms with Crippen molar-refractivity contribution in [2.75, 3.05) is 26.2 Å². The first-order valence-corrected chi connectivity index (χ1v) is 7.28. The summed E-state index contributed by atoms with van der Waals surface area (Å²) in [6, 6.07) is -0.533. The minimum atomic E-state index is -0.827. The van der Waals surface area contributed by atoms with Crippen LogP contribution in [0.1, 0.15) is 27.2 Å². The van der Waals surface area contributed by atoms with Crippen molar-refractivity contribution in [1.29, 1.82) is 0 Å². The average Bonchev–Trinajstić information content (AvgIpc) is 2.69. The molecule has 0 radical (unpaired) electrons. The molecule has 0 bridgehead atoms. The zero-order valence-corrected chi connectivity index (χ0v) is 12.4. The van der Waals surface area contributed by atoms with Crippen LogP contribution in [0.4, 0.5) is 0 Å². The van der Waals surface area contributed by atoms with Crippen LogP contribution in [0.3, 0.4) is 0 Å². The molecule has 0 aliphatic carbocycles. The van der Waals surface area contributed by atoms with E-state index in [-0.39, 0.29) is 30.6 Å². The number of carboxylic acids is 1. The molecule has 0 aromatic carbocycles. The molecule has 2 saturated heterocycles. The second-order valence-corrected chi connectivity index (χ2v) is 6.08. The second kappa shape index (κ2) is 6.10. The van der Waals surface area contributed by atoms with Gasteiger partial charge in [-0.05, 0) is 32.7 Å². The summed E-state index contributed by atoms with van der Waals surface area (Å²) in [6.45, 7) is 7.89. The molecule has 4 unspecified atom stereocenters. The van der Waals surface area contributed by atoms with Crippen molar-refractivity contribution in [3.8, 4) is 0 Å². The highest BCUT2D eigenvalue weighted by Crippen LogP contribution is 2.24. The molecule has 2 heterocycles. The topological polar surface area (TPSA) is 70.1 Å². The molecule has 6 heteroatoms. The van der Waals surface area contributed by atoms with E-state index in [0.29, 0.717) is 19.6 Å². The first-order valence-electron chi connectivity index (χ1n) is 7.28. The van der Waals surface area contributed by atoms with E-state index in [1.165, 1.54) is 0 Å². The van der Waals surface area contributed by atoms with E-state index in [0.717, 1.165) is 6.42 Å². The van der Waals surface area contributed by atoms with Gasteiger partial charge in [0.2, 0.25) is 5.91 Å². The summed E-state index contributed by atoms with van der Waals surface area (Å²) in [5, 5.41) is 9.27. The Kier molecular flexibility index (Phi) is 4.65. The van der Waals surface area contributed by atoms with Crippen LogP contribution in [0.5, 0.6) is 0 Å². The van der Waals surface area contributed by atoms with Crippen LogP contribution in [-0.4, -0.2) is 71.2 Å². The van der Waals surface area contributed by atoms with Crippen LogP contribution in [0, 0.1) is 5.92 Å². The summed E-state index contributed by atoms with van der Waals surface area (Å²) in [6.07, 6.45) is 0.908. The van der Waals surface area contributed by atoms with Gasteiger partial charge in [-0.1, -0.05) is 6.92 Å². The van der Waals surface area contributed by atoms with Crippen LogP contribution in [0.25, 0.3) is 0 Å². The number of nitrogens with zero attached hydrogens (tertiary/aromatic N) is 2. The van der Waals surface area contributed by atoms with E-state index in [9.17, 15) is 14.7 Å². The number of hydrogen-bond acceptors (Lipinski definition) is 4. The fourth-order valence-electron chi connectivity index (χ4n) is 3.26. The van der Waals surface area contributed by atoms with Gasteiger partial charge in [-0.2, -0.15) is 0 Å². The van der Waals surface area contributed by atoms with Crippen molar-refractivity contribution >= 4 is 11.9 Å². The highest BCUT2D eigenvalue weighted by atomic mass is 16.5. The zero-order chi connectivity index (χ0) is 14.9. The lowest BCUT2D eigenvalue weighted by atomic mass is 10.0. The molecule has 114 valence electrons. The molecular formula is C14H24N2O4. The van der Waals surface area contributed by atoms with Crippen molar-refractivity contribution in [3.63, 3.8) is 0 Å². The van der Waals surface area contributed by atoms with Crippen molar-refractivity contribution in [3.05, 3.63) is 0 Å². The van der Waals surface area contributed by atoms with Crippen molar-refractivity contribution < 1.29 is 19.4 Å². The average molecular weight is 284 g/mol. The number of amides is 1. The molecule has 0 aromatic heterocycles. The standard InChI is InChI=1S/C14H24N2O4/c1-9-4-5-15(13(9)14(18)19)8-12(17)16-6-10(2)20-11(3)7-16/h9-11,13H,4-8H2,1-3H3,(H,18,19). The highest BCUT2D eigenvalue weighted by molar-refractivity contribution is 5.80. The van der Waals surface area contributed by atoms with Gasteiger partial charge in [0.1, 0.15) is 6.04 Å². The number of carbonyl (C=O) groups excluding carboxylic acids is 1. The lowest BCUT2D eigenvalue weighted by molar-refractivity contribution is -0.148. The van der Waals surface area contributed by atoms with Gasteiger partial charge in [0.25, 0.3) is 0 Å². The minimum absolute atomic E-state index is 0.00681. The van der Waals surface area contributed by atoms with Crippen LogP contribution >= 0.6 is 0 Å². The smallest absolute Gasteiger partial charge is 0.321 e. The molecule has 4 atom stereocenters. The number of rotatable bonds is 3. The van der Waals surface area contributed by atoms with Gasteiger partial charge in [0.15, 0.2) is 0 Å². The van der Waals surface area contributed by atoms with E-state index in [2.05, 4.69) is 0 Å². The Morgan fingerprint density at radius 1 is 1.20 bits per heavy atom. The minimum Gasteiger partial charge on any atom is -0.480 e. The lowest BCUT2D eigenvalue weighted by Crippen LogP contribution is -2.52. The monoisotopic (exact) mass is 284 g/mol. The summed E-state index contributed by atoms with van der Waals surface area (Å²) in [4.78, 5) is 27.2. The summed E-state index contributed by atoms with van der Waals surface area (Å²) in [5.74, 6) is -0.721. The summed E-state index contributed by atoms with van der Waals surface area (Å²) in [5.41, 5.74) is 0. The largest absolute Gasteiger partial charge is 0.480 e. The number of ether oxygens (including phenoxy) is 1. The van der Waals surface area contributed by atoms with Crippen LogP contribution in [0.2, 0.25) is 0 Å². The van der Waals surface area contributed by atoms with Crippen LogP contribution in [-0.2, 0) is 14.3 Å². The number of likely N-dealkylation sites (tertiary alicyclic amines) is 1. The van der Waals surface area contributed by atoms with Crippen LogP contribution in [0.15, 0.2) is 0 Å². The zero-order valence-electron chi connectivity index (χ0n) is 12.4. The molecule has 2 aliphatic heterocycles. The van der Waals surface area contributed by atoms with Gasteiger partial charge in [0.05, 0.1) is 18.8 Å². The lowest BCUT2D eigenvalue weighted by Gasteiger charge is -2.36. The van der Waals surface area contributed by atoms with Gasteiger partial charge >= 0.3 is 5.97 Å². The molecule has 2 rings (SSSR count). The Hall–Kier alpha value is -1.14.